The minimum atomic E-state index is 0.422. The maximum absolute atomic E-state index is 6.43. The summed E-state index contributed by atoms with van der Waals surface area (Å²) in [6, 6.07) is 9.54. The van der Waals surface area contributed by atoms with Crippen molar-refractivity contribution in [2.24, 2.45) is 0 Å². The van der Waals surface area contributed by atoms with Crippen molar-refractivity contribution < 1.29 is 0 Å². The largest absolute Gasteiger partial charge is 0.399 e. The van der Waals surface area contributed by atoms with Gasteiger partial charge in [0.05, 0.1) is 23.6 Å². The van der Waals surface area contributed by atoms with E-state index in [4.69, 9.17) is 23.1 Å². The number of nitrogens with zero attached hydrogens (tertiary/aromatic N) is 3. The fourth-order valence-corrected chi connectivity index (χ4v) is 3.28. The molecule has 2 aromatic heterocycles. The third kappa shape index (κ3) is 2.01. The molecule has 0 aliphatic rings. The van der Waals surface area contributed by atoms with E-state index >= 15 is 0 Å². The lowest BCUT2D eigenvalue weighted by molar-refractivity contribution is 1.19. The minimum Gasteiger partial charge on any atom is -0.399 e. The highest BCUT2D eigenvalue weighted by molar-refractivity contribution is 6.34. The van der Waals surface area contributed by atoms with E-state index in [-0.39, 0.29) is 0 Å². The molecule has 0 amide bonds. The molecule has 0 atom stereocenters. The van der Waals surface area contributed by atoms with Gasteiger partial charge in [-0.05, 0) is 30.7 Å². The highest BCUT2D eigenvalue weighted by atomic mass is 35.5. The number of aryl methyl sites for hydroxylation is 1. The molecule has 2 aromatic carbocycles. The molecule has 23 heavy (non-hydrogen) atoms. The van der Waals surface area contributed by atoms with Gasteiger partial charge in [-0.15, -0.1) is 0 Å². The van der Waals surface area contributed by atoms with Gasteiger partial charge in [0.25, 0.3) is 0 Å². The zero-order chi connectivity index (χ0) is 16.1. The van der Waals surface area contributed by atoms with Crippen molar-refractivity contribution in [3.8, 4) is 11.1 Å². The number of hydrogen-bond donors (Lipinski definition) is 2. The van der Waals surface area contributed by atoms with Crippen molar-refractivity contribution >= 4 is 39.7 Å². The Labute approximate surface area is 137 Å². The van der Waals surface area contributed by atoms with E-state index in [0.29, 0.717) is 16.5 Å². The van der Waals surface area contributed by atoms with E-state index < -0.39 is 0 Å². The fraction of sp³-hybridized carbons (Fsp3) is 0.0588. The molecule has 0 bridgehead atoms. The second kappa shape index (κ2) is 4.86. The molecule has 4 aromatic rings. The van der Waals surface area contributed by atoms with Crippen LogP contribution in [-0.2, 0) is 0 Å². The molecule has 2 heterocycles. The van der Waals surface area contributed by atoms with E-state index in [1.54, 1.807) is 12.5 Å². The summed E-state index contributed by atoms with van der Waals surface area (Å²) in [6.07, 6.45) is 3.39. The topological polar surface area (TPSA) is 82.2 Å². The Morgan fingerprint density at radius 1 is 1.13 bits per heavy atom. The molecular weight excluding hydrogens is 310 g/mol. The summed E-state index contributed by atoms with van der Waals surface area (Å²) in [6.45, 7) is 2.01. The Kier molecular flexibility index (Phi) is 2.92. The molecule has 0 saturated carbocycles. The van der Waals surface area contributed by atoms with Crippen molar-refractivity contribution in [3.63, 3.8) is 0 Å². The van der Waals surface area contributed by atoms with Gasteiger partial charge in [-0.1, -0.05) is 23.7 Å². The van der Waals surface area contributed by atoms with E-state index in [0.717, 1.165) is 33.2 Å². The minimum absolute atomic E-state index is 0.422. The van der Waals surface area contributed by atoms with Crippen LogP contribution in [0.1, 0.15) is 5.56 Å². The molecule has 0 aliphatic heterocycles. The molecule has 5 nitrogen and oxygen atoms in total. The summed E-state index contributed by atoms with van der Waals surface area (Å²) in [5.74, 6) is 0.422. The van der Waals surface area contributed by atoms with Gasteiger partial charge >= 0.3 is 0 Å². The normalized spacial score (nSPS) is 11.4. The van der Waals surface area contributed by atoms with Crippen molar-refractivity contribution in [3.05, 3.63) is 53.4 Å². The third-order valence-electron chi connectivity index (χ3n) is 4.00. The Balaban J connectivity index is 2.22. The SMILES string of the molecule is Cc1cccc(Cl)c1-c1cc(N)cc2c1nc(N)c1cncn12. The zero-order valence-corrected chi connectivity index (χ0v) is 13.2. The monoisotopic (exact) mass is 323 g/mol. The van der Waals surface area contributed by atoms with Crippen molar-refractivity contribution in [1.29, 1.82) is 0 Å². The maximum atomic E-state index is 6.43. The fourth-order valence-electron chi connectivity index (χ4n) is 2.96. The van der Waals surface area contributed by atoms with Gasteiger partial charge in [-0.3, -0.25) is 4.40 Å². The van der Waals surface area contributed by atoms with Gasteiger partial charge in [0, 0.05) is 21.8 Å². The van der Waals surface area contributed by atoms with Crippen LogP contribution in [0.5, 0.6) is 0 Å². The number of hydrogen-bond acceptors (Lipinski definition) is 4. The Hall–Kier alpha value is -2.79. The first-order valence-electron chi connectivity index (χ1n) is 7.12. The smallest absolute Gasteiger partial charge is 0.150 e. The number of benzene rings is 2. The van der Waals surface area contributed by atoms with Gasteiger partial charge in [0.1, 0.15) is 11.3 Å². The molecule has 0 unspecified atom stereocenters. The second-order valence-electron chi connectivity index (χ2n) is 5.51. The van der Waals surface area contributed by atoms with Crippen LogP contribution in [0.4, 0.5) is 11.5 Å². The number of rotatable bonds is 1. The van der Waals surface area contributed by atoms with Crippen LogP contribution in [-0.4, -0.2) is 14.4 Å². The van der Waals surface area contributed by atoms with E-state index in [1.165, 1.54) is 0 Å². The number of nitrogen functional groups attached to an aromatic ring is 2. The van der Waals surface area contributed by atoms with E-state index in [1.807, 2.05) is 41.7 Å². The standard InChI is InChI=1S/C17H14ClN5/c1-9-3-2-4-12(18)15(9)11-5-10(19)6-13-16(11)22-17(20)14-7-21-8-23(13)14/h2-8H,19H2,1H3,(H2,20,22). The Morgan fingerprint density at radius 2 is 1.96 bits per heavy atom. The molecule has 0 aliphatic carbocycles. The summed E-state index contributed by atoms with van der Waals surface area (Å²) in [7, 11) is 0. The van der Waals surface area contributed by atoms with Gasteiger partial charge in [0.15, 0.2) is 0 Å². The second-order valence-corrected chi connectivity index (χ2v) is 5.92. The van der Waals surface area contributed by atoms with Crippen molar-refractivity contribution in [2.75, 3.05) is 11.5 Å². The van der Waals surface area contributed by atoms with Crippen LogP contribution in [0.3, 0.4) is 0 Å². The molecule has 0 saturated heterocycles. The maximum Gasteiger partial charge on any atom is 0.150 e. The Bertz CT molecular complexity index is 1050. The van der Waals surface area contributed by atoms with Crippen molar-refractivity contribution in [1.82, 2.24) is 14.4 Å². The van der Waals surface area contributed by atoms with Gasteiger partial charge < -0.3 is 11.5 Å². The number of halogens is 1. The van der Waals surface area contributed by atoms with Gasteiger partial charge in [-0.2, -0.15) is 0 Å². The number of imidazole rings is 1. The lowest BCUT2D eigenvalue weighted by Gasteiger charge is -2.14. The first kappa shape index (κ1) is 13.8. The average molecular weight is 324 g/mol. The molecule has 0 spiro atoms. The van der Waals surface area contributed by atoms with Gasteiger partial charge in [0.2, 0.25) is 0 Å². The molecule has 0 fully saturated rings. The van der Waals surface area contributed by atoms with Crippen LogP contribution in [0.25, 0.3) is 27.7 Å². The summed E-state index contributed by atoms with van der Waals surface area (Å²) in [4.78, 5) is 8.73. The summed E-state index contributed by atoms with van der Waals surface area (Å²) in [5, 5.41) is 0.656. The first-order chi connectivity index (χ1) is 11.1. The molecular formula is C17H14ClN5. The summed E-state index contributed by atoms with van der Waals surface area (Å²) < 4.78 is 1.89. The quantitative estimate of drug-likeness (QED) is 0.523. The lowest BCUT2D eigenvalue weighted by atomic mass is 9.98. The van der Waals surface area contributed by atoms with Gasteiger partial charge in [-0.25, -0.2) is 9.97 Å². The predicted molar refractivity (Wildman–Crippen MR) is 94.5 cm³/mol. The highest BCUT2D eigenvalue weighted by Crippen LogP contribution is 2.37. The number of nitrogens with two attached hydrogens (primary N) is 2. The highest BCUT2D eigenvalue weighted by Gasteiger charge is 2.15. The van der Waals surface area contributed by atoms with Crippen molar-refractivity contribution in [2.45, 2.75) is 6.92 Å². The summed E-state index contributed by atoms with van der Waals surface area (Å²) in [5.41, 5.74) is 18.0. The number of aromatic nitrogens is 3. The van der Waals surface area contributed by atoms with E-state index in [2.05, 4.69) is 9.97 Å². The zero-order valence-electron chi connectivity index (χ0n) is 12.4. The Morgan fingerprint density at radius 3 is 2.74 bits per heavy atom. The number of anilines is 2. The average Bonchev–Trinajstić information content (AvgIpc) is 2.99. The van der Waals surface area contributed by atoms with Crippen LogP contribution in [0, 0.1) is 6.92 Å². The molecule has 6 heteroatoms. The predicted octanol–water partition coefficient (Wildman–Crippen LogP) is 3.68. The van der Waals surface area contributed by atoms with Crippen LogP contribution < -0.4 is 11.5 Å². The van der Waals surface area contributed by atoms with Crippen LogP contribution in [0.2, 0.25) is 5.02 Å². The lowest BCUT2D eigenvalue weighted by Crippen LogP contribution is -2.01. The first-order valence-corrected chi connectivity index (χ1v) is 7.50. The summed E-state index contributed by atoms with van der Waals surface area (Å²) >= 11 is 6.43. The molecule has 4 N–H and O–H groups in total. The number of fused-ring (bicyclic) bond motifs is 3. The molecule has 4 rings (SSSR count). The van der Waals surface area contributed by atoms with E-state index in [9.17, 15) is 0 Å². The molecule has 0 radical (unpaired) electrons. The third-order valence-corrected chi connectivity index (χ3v) is 4.31. The molecule has 114 valence electrons. The van der Waals surface area contributed by atoms with Crippen LogP contribution >= 0.6 is 11.6 Å². The van der Waals surface area contributed by atoms with Crippen LogP contribution in [0.15, 0.2) is 42.9 Å².